The number of Topliss-reactive ketones (excluding diaryl/α,β-unsaturated/α-hetero) is 1. The molecule has 0 amide bonds. The lowest BCUT2D eigenvalue weighted by Crippen LogP contribution is -2.03. The van der Waals surface area contributed by atoms with Gasteiger partial charge in [-0.15, -0.1) is 0 Å². The average Bonchev–Trinajstić information content (AvgIpc) is 2.82. The maximum atomic E-state index is 12.3. The molecule has 0 unspecified atom stereocenters. The number of hydrogen-bond donors (Lipinski definition) is 0. The fraction of sp³-hybridized carbons (Fsp3) is 0.438. The van der Waals surface area contributed by atoms with Crippen molar-refractivity contribution >= 4 is 16.7 Å². The minimum atomic E-state index is 0.211. The molecule has 0 saturated carbocycles. The molecule has 0 N–H and O–H groups in total. The first-order valence-electron chi connectivity index (χ1n) is 6.95. The van der Waals surface area contributed by atoms with Crippen LogP contribution < -0.4 is 4.84 Å². The van der Waals surface area contributed by atoms with E-state index in [-0.39, 0.29) is 5.78 Å². The molecule has 19 heavy (non-hydrogen) atoms. The minimum absolute atomic E-state index is 0.211. The Kier molecular flexibility index (Phi) is 4.61. The van der Waals surface area contributed by atoms with Gasteiger partial charge in [-0.2, -0.15) is 4.73 Å². The van der Waals surface area contributed by atoms with Crippen molar-refractivity contribution in [2.75, 3.05) is 7.11 Å². The van der Waals surface area contributed by atoms with Gasteiger partial charge in [0.1, 0.15) is 7.11 Å². The van der Waals surface area contributed by atoms with Gasteiger partial charge in [0, 0.05) is 17.4 Å². The molecule has 0 aliphatic rings. The number of carbonyl (C=O) groups is 1. The van der Waals surface area contributed by atoms with Gasteiger partial charge in [0.05, 0.1) is 11.7 Å². The summed E-state index contributed by atoms with van der Waals surface area (Å²) in [7, 11) is 1.61. The monoisotopic (exact) mass is 259 g/mol. The van der Waals surface area contributed by atoms with Crippen LogP contribution in [-0.4, -0.2) is 17.6 Å². The Labute approximate surface area is 114 Å². The molecule has 2 aromatic rings. The topological polar surface area (TPSA) is 31.2 Å². The highest BCUT2D eigenvalue weighted by Gasteiger charge is 2.14. The maximum Gasteiger partial charge on any atom is 0.165 e. The Balaban J connectivity index is 2.17. The summed E-state index contributed by atoms with van der Waals surface area (Å²) in [5.41, 5.74) is 1.72. The highest BCUT2D eigenvalue weighted by molar-refractivity contribution is 6.07. The summed E-state index contributed by atoms with van der Waals surface area (Å²) in [5.74, 6) is 0.211. The van der Waals surface area contributed by atoms with E-state index in [1.54, 1.807) is 18.0 Å². The van der Waals surface area contributed by atoms with E-state index in [9.17, 15) is 4.79 Å². The quantitative estimate of drug-likeness (QED) is 0.558. The molecule has 2 rings (SSSR count). The predicted molar refractivity (Wildman–Crippen MR) is 77.5 cm³/mol. The lowest BCUT2D eigenvalue weighted by Gasteiger charge is -1.99. The van der Waals surface area contributed by atoms with Gasteiger partial charge in [0.15, 0.2) is 5.78 Å². The van der Waals surface area contributed by atoms with Crippen molar-refractivity contribution in [3.8, 4) is 0 Å². The van der Waals surface area contributed by atoms with E-state index in [0.29, 0.717) is 6.42 Å². The fourth-order valence-electron chi connectivity index (χ4n) is 2.37. The number of unbranched alkanes of at least 4 members (excludes halogenated alkanes) is 3. The van der Waals surface area contributed by atoms with Crippen LogP contribution in [0.4, 0.5) is 0 Å². The van der Waals surface area contributed by atoms with Crippen LogP contribution in [0.3, 0.4) is 0 Å². The van der Waals surface area contributed by atoms with Gasteiger partial charge in [0.2, 0.25) is 0 Å². The second kappa shape index (κ2) is 6.41. The molecule has 0 aliphatic carbocycles. The molecular weight excluding hydrogens is 238 g/mol. The molecule has 0 bridgehead atoms. The van der Waals surface area contributed by atoms with E-state index < -0.39 is 0 Å². The summed E-state index contributed by atoms with van der Waals surface area (Å²) in [6, 6.07) is 7.85. The predicted octanol–water partition coefficient (Wildman–Crippen LogP) is 3.85. The molecule has 1 aromatic carbocycles. The van der Waals surface area contributed by atoms with E-state index in [1.807, 2.05) is 24.3 Å². The molecule has 1 heterocycles. The van der Waals surface area contributed by atoms with Gasteiger partial charge >= 0.3 is 0 Å². The van der Waals surface area contributed by atoms with Gasteiger partial charge < -0.3 is 4.84 Å². The summed E-state index contributed by atoms with van der Waals surface area (Å²) in [6.07, 6.45) is 6.92. The number of fused-ring (bicyclic) bond motifs is 1. The van der Waals surface area contributed by atoms with E-state index >= 15 is 0 Å². The standard InChI is InChI=1S/C16H21NO2/c1-3-4-5-6-11-16(18)14-12-17(19-2)15-10-8-7-9-13(14)15/h7-10,12H,3-6,11H2,1-2H3. The van der Waals surface area contributed by atoms with Gasteiger partial charge in [-0.25, -0.2) is 0 Å². The van der Waals surface area contributed by atoms with Crippen LogP contribution in [0.25, 0.3) is 10.9 Å². The van der Waals surface area contributed by atoms with Gasteiger partial charge in [-0.3, -0.25) is 4.79 Å². The Morgan fingerprint density at radius 3 is 2.74 bits per heavy atom. The maximum absolute atomic E-state index is 12.3. The van der Waals surface area contributed by atoms with Crippen molar-refractivity contribution in [2.45, 2.75) is 39.0 Å². The Bertz CT molecular complexity index is 557. The number of hydrogen-bond acceptors (Lipinski definition) is 2. The summed E-state index contributed by atoms with van der Waals surface area (Å²) >= 11 is 0. The molecule has 3 heteroatoms. The number of aromatic nitrogens is 1. The van der Waals surface area contributed by atoms with Crippen molar-refractivity contribution in [3.05, 3.63) is 36.0 Å². The van der Waals surface area contributed by atoms with Crippen LogP contribution in [0.15, 0.2) is 30.5 Å². The van der Waals surface area contributed by atoms with Crippen LogP contribution in [0, 0.1) is 0 Å². The molecule has 0 saturated heterocycles. The van der Waals surface area contributed by atoms with Crippen LogP contribution in [0.1, 0.15) is 49.4 Å². The van der Waals surface area contributed by atoms with Crippen molar-refractivity contribution < 1.29 is 9.63 Å². The van der Waals surface area contributed by atoms with Crippen molar-refractivity contribution in [2.24, 2.45) is 0 Å². The Hall–Kier alpha value is -1.77. The fourth-order valence-corrected chi connectivity index (χ4v) is 2.37. The zero-order valence-electron chi connectivity index (χ0n) is 11.7. The molecule has 0 spiro atoms. The second-order valence-electron chi connectivity index (χ2n) is 4.80. The van der Waals surface area contributed by atoms with Crippen molar-refractivity contribution in [3.63, 3.8) is 0 Å². The third-order valence-electron chi connectivity index (χ3n) is 3.43. The third kappa shape index (κ3) is 2.98. The van der Waals surface area contributed by atoms with Crippen molar-refractivity contribution in [1.82, 2.24) is 4.73 Å². The summed E-state index contributed by atoms with van der Waals surface area (Å²) in [6.45, 7) is 2.17. The first kappa shape index (κ1) is 13.7. The number of rotatable bonds is 7. The number of ketones is 1. The SMILES string of the molecule is CCCCCCC(=O)c1cn(OC)c2ccccc12. The molecular formula is C16H21NO2. The zero-order chi connectivity index (χ0) is 13.7. The number of benzene rings is 1. The minimum Gasteiger partial charge on any atom is -0.417 e. The summed E-state index contributed by atoms with van der Waals surface area (Å²) < 4.78 is 1.66. The largest absolute Gasteiger partial charge is 0.417 e. The molecule has 3 nitrogen and oxygen atoms in total. The molecule has 0 atom stereocenters. The number of carbonyl (C=O) groups excluding carboxylic acids is 1. The molecule has 1 aromatic heterocycles. The zero-order valence-corrected chi connectivity index (χ0v) is 11.7. The highest BCUT2D eigenvalue weighted by atomic mass is 16.6. The van der Waals surface area contributed by atoms with Crippen LogP contribution >= 0.6 is 0 Å². The first-order valence-corrected chi connectivity index (χ1v) is 6.95. The van der Waals surface area contributed by atoms with Crippen LogP contribution in [0.2, 0.25) is 0 Å². The Morgan fingerprint density at radius 2 is 2.00 bits per heavy atom. The van der Waals surface area contributed by atoms with E-state index in [4.69, 9.17) is 4.84 Å². The van der Waals surface area contributed by atoms with Gasteiger partial charge in [0.25, 0.3) is 0 Å². The first-order chi connectivity index (χ1) is 9.27. The Morgan fingerprint density at radius 1 is 1.21 bits per heavy atom. The van der Waals surface area contributed by atoms with Crippen LogP contribution in [0.5, 0.6) is 0 Å². The lowest BCUT2D eigenvalue weighted by atomic mass is 10.0. The van der Waals surface area contributed by atoms with Crippen molar-refractivity contribution in [1.29, 1.82) is 0 Å². The molecule has 0 fully saturated rings. The number of para-hydroxylation sites is 1. The van der Waals surface area contributed by atoms with Crippen LogP contribution in [-0.2, 0) is 0 Å². The second-order valence-corrected chi connectivity index (χ2v) is 4.80. The molecule has 0 aliphatic heterocycles. The van der Waals surface area contributed by atoms with E-state index in [2.05, 4.69) is 6.92 Å². The van der Waals surface area contributed by atoms with Gasteiger partial charge in [-0.05, 0) is 12.5 Å². The smallest absolute Gasteiger partial charge is 0.165 e. The van der Waals surface area contributed by atoms with E-state index in [0.717, 1.165) is 29.3 Å². The molecule has 0 radical (unpaired) electrons. The highest BCUT2D eigenvalue weighted by Crippen LogP contribution is 2.22. The summed E-state index contributed by atoms with van der Waals surface area (Å²) in [5, 5.41) is 0.977. The summed E-state index contributed by atoms with van der Waals surface area (Å²) in [4.78, 5) is 17.5. The lowest BCUT2D eigenvalue weighted by molar-refractivity contribution is 0.0978. The third-order valence-corrected chi connectivity index (χ3v) is 3.43. The average molecular weight is 259 g/mol. The van der Waals surface area contributed by atoms with E-state index in [1.165, 1.54) is 12.8 Å². The normalized spacial score (nSPS) is 10.8. The molecule has 102 valence electrons. The van der Waals surface area contributed by atoms with Gasteiger partial charge in [-0.1, -0.05) is 44.4 Å². The number of nitrogens with zero attached hydrogens (tertiary/aromatic N) is 1.